The first kappa shape index (κ1) is 18.7. The Bertz CT molecular complexity index is 914. The van der Waals surface area contributed by atoms with Crippen LogP contribution in [0.5, 0.6) is 5.75 Å². The highest BCUT2D eigenvalue weighted by Gasteiger charge is 2.34. The largest absolute Gasteiger partial charge is 0.493 e. The van der Waals surface area contributed by atoms with Crippen molar-refractivity contribution in [3.8, 4) is 5.75 Å². The fraction of sp³-hybridized carbons (Fsp3) is 0.273. The van der Waals surface area contributed by atoms with Crippen molar-refractivity contribution in [1.29, 1.82) is 0 Å². The number of carbonyl (C=O) groups excluding carboxylic acids is 2. The Morgan fingerprint density at radius 1 is 1.00 bits per heavy atom. The van der Waals surface area contributed by atoms with E-state index in [-0.39, 0.29) is 11.5 Å². The number of nitrogens with zero attached hydrogens (tertiary/aromatic N) is 1. The highest BCUT2D eigenvalue weighted by atomic mass is 16.5. The molecule has 1 aliphatic rings. The number of nitrogens with one attached hydrogen (secondary N) is 1. The third-order valence-electron chi connectivity index (χ3n) is 4.72. The minimum atomic E-state index is -0.399. The normalized spacial score (nSPS) is 15.4. The van der Waals surface area contributed by atoms with E-state index in [1.807, 2.05) is 57.2 Å². The van der Waals surface area contributed by atoms with E-state index < -0.39 is 5.91 Å². The van der Waals surface area contributed by atoms with E-state index in [2.05, 4.69) is 12.3 Å². The van der Waals surface area contributed by atoms with E-state index in [1.54, 1.807) is 6.08 Å². The van der Waals surface area contributed by atoms with Crippen LogP contribution < -0.4 is 15.2 Å². The molecule has 0 aliphatic carbocycles. The third-order valence-corrected chi connectivity index (χ3v) is 4.72. The molecule has 0 saturated carbocycles. The minimum Gasteiger partial charge on any atom is -0.493 e. The van der Waals surface area contributed by atoms with Crippen LogP contribution >= 0.6 is 0 Å². The first-order valence-electron chi connectivity index (χ1n) is 9.09. The fourth-order valence-electron chi connectivity index (χ4n) is 2.93. The quantitative estimate of drug-likeness (QED) is 0.647. The van der Waals surface area contributed by atoms with Gasteiger partial charge in [0.15, 0.2) is 0 Å². The summed E-state index contributed by atoms with van der Waals surface area (Å²) in [5, 5.41) is 1.29. The van der Waals surface area contributed by atoms with E-state index in [1.165, 1.54) is 5.01 Å². The monoisotopic (exact) mass is 364 g/mol. The van der Waals surface area contributed by atoms with E-state index in [9.17, 15) is 9.59 Å². The average molecular weight is 364 g/mol. The molecular weight excluding hydrogens is 340 g/mol. The molecule has 0 atom stereocenters. The second-order valence-electron chi connectivity index (χ2n) is 6.73. The molecule has 0 bridgehead atoms. The Morgan fingerprint density at radius 2 is 1.70 bits per heavy atom. The number of aryl methyl sites for hydroxylation is 1. The molecular formula is C22H24N2O3. The molecule has 27 heavy (non-hydrogen) atoms. The Balaban J connectivity index is 1.90. The van der Waals surface area contributed by atoms with Crippen molar-refractivity contribution in [1.82, 2.24) is 5.43 Å². The number of hydrogen-bond donors (Lipinski definition) is 1. The molecule has 2 aromatic carbocycles. The van der Waals surface area contributed by atoms with Gasteiger partial charge in [-0.15, -0.1) is 0 Å². The van der Waals surface area contributed by atoms with Gasteiger partial charge in [-0.1, -0.05) is 30.7 Å². The molecule has 2 amide bonds. The van der Waals surface area contributed by atoms with Crippen LogP contribution in [0.1, 0.15) is 35.6 Å². The smallest absolute Gasteiger partial charge is 0.282 e. The number of benzene rings is 2. The molecule has 5 nitrogen and oxygen atoms in total. The summed E-state index contributed by atoms with van der Waals surface area (Å²) < 4.78 is 5.74. The highest BCUT2D eigenvalue weighted by Crippen LogP contribution is 2.28. The lowest BCUT2D eigenvalue weighted by molar-refractivity contribution is -0.117. The number of hydrazine groups is 1. The molecule has 3 rings (SSSR count). The SMILES string of the molecule is CCCOc1ccc(C=C2C(=O)NN(c3ccc(C)cc3)C2=O)c(C)c1C. The maximum Gasteiger partial charge on any atom is 0.282 e. The van der Waals surface area contributed by atoms with Gasteiger partial charge < -0.3 is 4.74 Å². The first-order chi connectivity index (χ1) is 12.9. The van der Waals surface area contributed by atoms with Gasteiger partial charge in [0.05, 0.1) is 12.3 Å². The molecule has 0 radical (unpaired) electrons. The van der Waals surface area contributed by atoms with Crippen LogP contribution in [0.4, 0.5) is 5.69 Å². The summed E-state index contributed by atoms with van der Waals surface area (Å²) in [6.45, 7) is 8.64. The zero-order valence-corrected chi connectivity index (χ0v) is 16.1. The van der Waals surface area contributed by atoms with Crippen molar-refractivity contribution in [3.63, 3.8) is 0 Å². The van der Waals surface area contributed by atoms with Crippen molar-refractivity contribution in [2.75, 3.05) is 11.6 Å². The maximum atomic E-state index is 12.8. The number of amides is 2. The zero-order valence-electron chi connectivity index (χ0n) is 16.1. The van der Waals surface area contributed by atoms with Gasteiger partial charge in [-0.05, 0) is 68.2 Å². The van der Waals surface area contributed by atoms with Gasteiger partial charge in [-0.2, -0.15) is 0 Å². The summed E-state index contributed by atoms with van der Waals surface area (Å²) in [5.41, 5.74) is 7.32. The highest BCUT2D eigenvalue weighted by molar-refractivity contribution is 6.31. The van der Waals surface area contributed by atoms with Crippen LogP contribution in [0.3, 0.4) is 0 Å². The third kappa shape index (κ3) is 3.72. The molecule has 0 unspecified atom stereocenters. The van der Waals surface area contributed by atoms with Crippen LogP contribution in [-0.4, -0.2) is 18.4 Å². The predicted molar refractivity (Wildman–Crippen MR) is 106 cm³/mol. The number of ether oxygens (including phenoxy) is 1. The van der Waals surface area contributed by atoms with Gasteiger partial charge in [-0.3, -0.25) is 15.0 Å². The molecule has 140 valence electrons. The van der Waals surface area contributed by atoms with Crippen molar-refractivity contribution in [2.24, 2.45) is 0 Å². The summed E-state index contributed by atoms with van der Waals surface area (Å²) in [6.07, 6.45) is 2.59. The van der Waals surface area contributed by atoms with Gasteiger partial charge >= 0.3 is 0 Å². The van der Waals surface area contributed by atoms with Crippen LogP contribution in [0.15, 0.2) is 42.0 Å². The molecule has 1 aliphatic heterocycles. The first-order valence-corrected chi connectivity index (χ1v) is 9.09. The number of anilines is 1. The van der Waals surface area contributed by atoms with Crippen molar-refractivity contribution in [2.45, 2.75) is 34.1 Å². The van der Waals surface area contributed by atoms with E-state index in [0.717, 1.165) is 34.4 Å². The van der Waals surface area contributed by atoms with Crippen molar-refractivity contribution in [3.05, 3.63) is 64.2 Å². The molecule has 2 aromatic rings. The summed E-state index contributed by atoms with van der Waals surface area (Å²) >= 11 is 0. The lowest BCUT2D eigenvalue weighted by Gasteiger charge is -2.14. The lowest BCUT2D eigenvalue weighted by atomic mass is 10.00. The summed E-state index contributed by atoms with van der Waals surface area (Å²) in [4.78, 5) is 25.1. The molecule has 1 saturated heterocycles. The maximum absolute atomic E-state index is 12.8. The van der Waals surface area contributed by atoms with E-state index >= 15 is 0 Å². The Hall–Kier alpha value is -3.08. The van der Waals surface area contributed by atoms with Crippen LogP contribution in [0.2, 0.25) is 0 Å². The lowest BCUT2D eigenvalue weighted by Crippen LogP contribution is -2.35. The number of rotatable bonds is 5. The summed E-state index contributed by atoms with van der Waals surface area (Å²) in [7, 11) is 0. The number of hydrogen-bond acceptors (Lipinski definition) is 3. The van der Waals surface area contributed by atoms with Crippen LogP contribution in [0, 0.1) is 20.8 Å². The van der Waals surface area contributed by atoms with Crippen LogP contribution in [-0.2, 0) is 9.59 Å². The molecule has 1 fully saturated rings. The molecule has 0 spiro atoms. The van der Waals surface area contributed by atoms with Crippen LogP contribution in [0.25, 0.3) is 6.08 Å². The molecule has 1 N–H and O–H groups in total. The van der Waals surface area contributed by atoms with Gasteiger partial charge in [-0.25, -0.2) is 5.01 Å². The van der Waals surface area contributed by atoms with E-state index in [0.29, 0.717) is 12.3 Å². The van der Waals surface area contributed by atoms with Gasteiger partial charge in [0.25, 0.3) is 11.8 Å². The van der Waals surface area contributed by atoms with E-state index in [4.69, 9.17) is 4.74 Å². The van der Waals surface area contributed by atoms with Crippen molar-refractivity contribution >= 4 is 23.6 Å². The summed E-state index contributed by atoms with van der Waals surface area (Å²) in [6, 6.07) is 11.2. The van der Waals surface area contributed by atoms with Crippen molar-refractivity contribution < 1.29 is 14.3 Å². The Morgan fingerprint density at radius 3 is 2.37 bits per heavy atom. The Kier molecular flexibility index (Phi) is 5.31. The molecule has 0 aromatic heterocycles. The molecule has 1 heterocycles. The standard InChI is InChI=1S/C22H24N2O3/c1-5-12-27-20-11-8-17(15(3)16(20)4)13-19-21(25)23-24(22(19)26)18-9-6-14(2)7-10-18/h6-11,13H,5,12H2,1-4H3,(H,23,25). The minimum absolute atomic E-state index is 0.125. The zero-order chi connectivity index (χ0) is 19.6. The second kappa shape index (κ2) is 7.66. The molecule has 5 heteroatoms. The fourth-order valence-corrected chi connectivity index (χ4v) is 2.93. The van der Waals surface area contributed by atoms with Gasteiger partial charge in [0.1, 0.15) is 11.3 Å². The topological polar surface area (TPSA) is 58.6 Å². The predicted octanol–water partition coefficient (Wildman–Crippen LogP) is 3.86. The Labute approximate surface area is 159 Å². The second-order valence-corrected chi connectivity index (χ2v) is 6.73. The summed E-state index contributed by atoms with van der Waals surface area (Å²) in [5.74, 6) is 0.0798. The number of carbonyl (C=O) groups is 2. The average Bonchev–Trinajstić information content (AvgIpc) is 2.93. The van der Waals surface area contributed by atoms with Gasteiger partial charge in [0, 0.05) is 0 Å². The van der Waals surface area contributed by atoms with Gasteiger partial charge in [0.2, 0.25) is 0 Å².